The predicted octanol–water partition coefficient (Wildman–Crippen LogP) is 4.65. The Morgan fingerprint density at radius 1 is 1.33 bits per heavy atom. The molecule has 1 aliphatic rings. The lowest BCUT2D eigenvalue weighted by atomic mass is 10.0. The molecule has 1 nitrogen and oxygen atoms in total. The lowest BCUT2D eigenvalue weighted by Gasteiger charge is -2.23. The van der Waals surface area contributed by atoms with Crippen LogP contribution in [0, 0.1) is 5.82 Å². The number of benzene rings is 1. The van der Waals surface area contributed by atoms with Gasteiger partial charge < -0.3 is 5.73 Å². The van der Waals surface area contributed by atoms with Crippen LogP contribution in [-0.4, -0.2) is 11.0 Å². The molecule has 0 spiro atoms. The first-order chi connectivity index (χ1) is 8.68. The van der Waals surface area contributed by atoms with Crippen LogP contribution in [0.3, 0.4) is 0 Å². The summed E-state index contributed by atoms with van der Waals surface area (Å²) in [6.07, 6.45) is 6.61. The zero-order chi connectivity index (χ0) is 13.0. The van der Waals surface area contributed by atoms with Crippen LogP contribution < -0.4 is 5.73 Å². The minimum atomic E-state index is -0.214. The van der Waals surface area contributed by atoms with Crippen LogP contribution in [0.1, 0.15) is 43.7 Å². The highest BCUT2D eigenvalue weighted by atomic mass is 79.9. The van der Waals surface area contributed by atoms with Gasteiger partial charge in [0.1, 0.15) is 5.82 Å². The summed E-state index contributed by atoms with van der Waals surface area (Å²) in [6, 6.07) is 5.12. The molecule has 0 bridgehead atoms. The fraction of sp³-hybridized carbons (Fsp3) is 0.571. The Kier molecular flexibility index (Phi) is 5.52. The van der Waals surface area contributed by atoms with E-state index in [-0.39, 0.29) is 11.9 Å². The van der Waals surface area contributed by atoms with Crippen LogP contribution in [0.4, 0.5) is 4.39 Å². The molecular weight excluding hydrogens is 313 g/mol. The second-order valence-electron chi connectivity index (χ2n) is 4.84. The Hall–Kier alpha value is -0.0600. The summed E-state index contributed by atoms with van der Waals surface area (Å²) in [6.45, 7) is 0. The van der Waals surface area contributed by atoms with Gasteiger partial charge in [-0.15, -0.1) is 0 Å². The van der Waals surface area contributed by atoms with E-state index in [1.165, 1.54) is 32.1 Å². The van der Waals surface area contributed by atoms with Gasteiger partial charge in [-0.25, -0.2) is 4.39 Å². The van der Waals surface area contributed by atoms with Gasteiger partial charge in [-0.3, -0.25) is 0 Å². The maximum atomic E-state index is 13.9. The molecule has 0 saturated heterocycles. The highest BCUT2D eigenvalue weighted by Gasteiger charge is 2.18. The van der Waals surface area contributed by atoms with Gasteiger partial charge in [-0.1, -0.05) is 31.4 Å². The Labute approximate surface area is 121 Å². The number of rotatable bonds is 4. The summed E-state index contributed by atoms with van der Waals surface area (Å²) in [4.78, 5) is 0. The Balaban J connectivity index is 1.90. The van der Waals surface area contributed by atoms with Crippen molar-refractivity contribution in [2.75, 3.05) is 5.75 Å². The Morgan fingerprint density at radius 2 is 2.06 bits per heavy atom. The third-order valence-corrected chi connectivity index (χ3v) is 5.55. The van der Waals surface area contributed by atoms with E-state index in [1.54, 1.807) is 12.1 Å². The molecule has 1 aromatic carbocycles. The largest absolute Gasteiger partial charge is 0.323 e. The van der Waals surface area contributed by atoms with E-state index in [1.807, 2.05) is 17.8 Å². The SMILES string of the molecule is NC(CSC1CCCCC1)c1cccc(Br)c1F. The smallest absolute Gasteiger partial charge is 0.142 e. The maximum absolute atomic E-state index is 13.9. The van der Waals surface area contributed by atoms with E-state index >= 15 is 0 Å². The third kappa shape index (κ3) is 3.72. The number of hydrogen-bond donors (Lipinski definition) is 1. The molecule has 1 aromatic rings. The molecule has 0 radical (unpaired) electrons. The Bertz CT molecular complexity index is 393. The van der Waals surface area contributed by atoms with E-state index < -0.39 is 0 Å². The van der Waals surface area contributed by atoms with Crippen LogP contribution in [0.15, 0.2) is 22.7 Å². The molecule has 2 N–H and O–H groups in total. The van der Waals surface area contributed by atoms with E-state index in [9.17, 15) is 4.39 Å². The molecule has 2 rings (SSSR count). The standard InChI is InChI=1S/C14H19BrFNS/c15-12-8-4-7-11(14(12)16)13(17)9-18-10-5-2-1-3-6-10/h4,7-8,10,13H,1-3,5-6,9,17H2. The van der Waals surface area contributed by atoms with Crippen LogP contribution in [0.5, 0.6) is 0 Å². The number of hydrogen-bond acceptors (Lipinski definition) is 2. The predicted molar refractivity (Wildman–Crippen MR) is 80.4 cm³/mol. The maximum Gasteiger partial charge on any atom is 0.142 e. The normalized spacial score (nSPS) is 18.8. The molecule has 18 heavy (non-hydrogen) atoms. The van der Waals surface area contributed by atoms with Gasteiger partial charge in [-0.05, 0) is 34.8 Å². The van der Waals surface area contributed by atoms with Gasteiger partial charge in [0.05, 0.1) is 4.47 Å². The summed E-state index contributed by atoms with van der Waals surface area (Å²) < 4.78 is 14.4. The van der Waals surface area contributed by atoms with Crippen molar-refractivity contribution in [1.82, 2.24) is 0 Å². The summed E-state index contributed by atoms with van der Waals surface area (Å²) in [5.41, 5.74) is 6.72. The zero-order valence-electron chi connectivity index (χ0n) is 10.4. The lowest BCUT2D eigenvalue weighted by molar-refractivity contribution is 0.515. The van der Waals surface area contributed by atoms with Gasteiger partial charge in [-0.2, -0.15) is 11.8 Å². The highest BCUT2D eigenvalue weighted by molar-refractivity contribution is 9.10. The molecular formula is C14H19BrFNS. The minimum Gasteiger partial charge on any atom is -0.323 e. The molecule has 0 aromatic heterocycles. The first kappa shape index (κ1) is 14.4. The first-order valence-electron chi connectivity index (χ1n) is 6.49. The molecule has 0 aliphatic heterocycles. The lowest BCUT2D eigenvalue weighted by Crippen LogP contribution is -2.18. The topological polar surface area (TPSA) is 26.0 Å². The van der Waals surface area contributed by atoms with E-state index in [2.05, 4.69) is 15.9 Å². The van der Waals surface area contributed by atoms with Gasteiger partial charge in [0.2, 0.25) is 0 Å². The summed E-state index contributed by atoms with van der Waals surface area (Å²) in [5, 5.41) is 0.722. The van der Waals surface area contributed by atoms with Crippen LogP contribution in [0.2, 0.25) is 0 Å². The summed E-state index contributed by atoms with van der Waals surface area (Å²) in [7, 11) is 0. The summed E-state index contributed by atoms with van der Waals surface area (Å²) in [5.74, 6) is 0.590. The third-order valence-electron chi connectivity index (χ3n) is 3.44. The fourth-order valence-electron chi connectivity index (χ4n) is 2.37. The number of halogens is 2. The van der Waals surface area contributed by atoms with Crippen molar-refractivity contribution in [1.29, 1.82) is 0 Å². The van der Waals surface area contributed by atoms with Crippen molar-refractivity contribution in [2.24, 2.45) is 5.73 Å². The molecule has 1 unspecified atom stereocenters. The van der Waals surface area contributed by atoms with Crippen LogP contribution >= 0.6 is 27.7 Å². The molecule has 1 aliphatic carbocycles. The molecule has 100 valence electrons. The molecule has 1 saturated carbocycles. The van der Waals surface area contributed by atoms with Crippen LogP contribution in [-0.2, 0) is 0 Å². The van der Waals surface area contributed by atoms with Gasteiger partial charge in [0.25, 0.3) is 0 Å². The first-order valence-corrected chi connectivity index (χ1v) is 8.33. The van der Waals surface area contributed by atoms with Crippen molar-refractivity contribution >= 4 is 27.7 Å². The monoisotopic (exact) mass is 331 g/mol. The number of thioether (sulfide) groups is 1. The van der Waals surface area contributed by atoms with Gasteiger partial charge in [0.15, 0.2) is 0 Å². The fourth-order valence-corrected chi connectivity index (χ4v) is 4.08. The van der Waals surface area contributed by atoms with Crippen molar-refractivity contribution in [3.63, 3.8) is 0 Å². The van der Waals surface area contributed by atoms with Crippen molar-refractivity contribution < 1.29 is 4.39 Å². The van der Waals surface area contributed by atoms with E-state index in [0.29, 0.717) is 10.0 Å². The summed E-state index contributed by atoms with van der Waals surface area (Å²) >= 11 is 5.11. The number of nitrogens with two attached hydrogens (primary N) is 1. The highest BCUT2D eigenvalue weighted by Crippen LogP contribution is 2.31. The second kappa shape index (κ2) is 6.92. The average molecular weight is 332 g/mol. The van der Waals surface area contributed by atoms with Gasteiger partial charge >= 0.3 is 0 Å². The van der Waals surface area contributed by atoms with Crippen molar-refractivity contribution in [3.05, 3.63) is 34.1 Å². The second-order valence-corrected chi connectivity index (χ2v) is 7.03. The molecule has 0 amide bonds. The molecule has 1 fully saturated rings. The molecule has 4 heteroatoms. The molecule has 0 heterocycles. The van der Waals surface area contributed by atoms with Crippen LogP contribution in [0.25, 0.3) is 0 Å². The minimum absolute atomic E-state index is 0.213. The quantitative estimate of drug-likeness (QED) is 0.868. The van der Waals surface area contributed by atoms with E-state index in [4.69, 9.17) is 5.73 Å². The van der Waals surface area contributed by atoms with Crippen molar-refractivity contribution in [2.45, 2.75) is 43.4 Å². The van der Waals surface area contributed by atoms with Crippen molar-refractivity contribution in [3.8, 4) is 0 Å². The average Bonchev–Trinajstić information content (AvgIpc) is 2.40. The Morgan fingerprint density at radius 3 is 2.78 bits per heavy atom. The van der Waals surface area contributed by atoms with E-state index in [0.717, 1.165) is 11.0 Å². The molecule has 1 atom stereocenters. The zero-order valence-corrected chi connectivity index (χ0v) is 12.8. The van der Waals surface area contributed by atoms with Gasteiger partial charge in [0, 0.05) is 22.6 Å².